The zero-order chi connectivity index (χ0) is 16.2. The first-order valence-corrected chi connectivity index (χ1v) is 8.35. The highest BCUT2D eigenvalue weighted by molar-refractivity contribution is 14.1. The van der Waals surface area contributed by atoms with Gasteiger partial charge in [0, 0.05) is 22.2 Å². The fourth-order valence-electron chi connectivity index (χ4n) is 2.41. The summed E-state index contributed by atoms with van der Waals surface area (Å²) in [6.45, 7) is 0.454. The standard InChI is InChI=1S/C17H15IN2O3/c18-12-5-3-6-13(11-12)19-16(21)9-4-10-20-14-7-1-2-8-15(14)23-17(20)22/h1-3,5-8,11H,4,9-10H2,(H,19,21). The van der Waals surface area contributed by atoms with Gasteiger partial charge >= 0.3 is 5.76 Å². The molecule has 23 heavy (non-hydrogen) atoms. The highest BCUT2D eigenvalue weighted by Crippen LogP contribution is 2.14. The first-order valence-electron chi connectivity index (χ1n) is 7.27. The summed E-state index contributed by atoms with van der Waals surface area (Å²) in [6, 6.07) is 14.9. The van der Waals surface area contributed by atoms with Gasteiger partial charge in [-0.3, -0.25) is 9.36 Å². The average molecular weight is 422 g/mol. The number of nitrogens with one attached hydrogen (secondary N) is 1. The minimum atomic E-state index is -0.385. The molecule has 3 rings (SSSR count). The van der Waals surface area contributed by atoms with Crippen LogP contribution in [0.25, 0.3) is 11.1 Å². The van der Waals surface area contributed by atoms with E-state index in [4.69, 9.17) is 4.42 Å². The molecule has 1 aromatic heterocycles. The van der Waals surface area contributed by atoms with Crippen molar-refractivity contribution in [3.05, 3.63) is 62.7 Å². The smallest absolute Gasteiger partial charge is 0.408 e. The van der Waals surface area contributed by atoms with Gasteiger partial charge in [-0.05, 0) is 59.3 Å². The Hall–Kier alpha value is -2.09. The van der Waals surface area contributed by atoms with Crippen LogP contribution >= 0.6 is 22.6 Å². The van der Waals surface area contributed by atoms with Crippen molar-refractivity contribution in [1.82, 2.24) is 4.57 Å². The van der Waals surface area contributed by atoms with Gasteiger partial charge in [-0.2, -0.15) is 0 Å². The van der Waals surface area contributed by atoms with Gasteiger partial charge in [0.2, 0.25) is 5.91 Å². The van der Waals surface area contributed by atoms with Gasteiger partial charge in [-0.25, -0.2) is 4.79 Å². The highest BCUT2D eigenvalue weighted by Gasteiger charge is 2.09. The van der Waals surface area contributed by atoms with E-state index in [0.29, 0.717) is 25.0 Å². The van der Waals surface area contributed by atoms with Crippen molar-refractivity contribution in [2.45, 2.75) is 19.4 Å². The van der Waals surface area contributed by atoms with Crippen LogP contribution in [0.5, 0.6) is 0 Å². The first-order chi connectivity index (χ1) is 11.1. The molecule has 0 fully saturated rings. The van der Waals surface area contributed by atoms with E-state index in [2.05, 4.69) is 27.9 Å². The maximum Gasteiger partial charge on any atom is 0.419 e. The van der Waals surface area contributed by atoms with E-state index in [0.717, 1.165) is 14.8 Å². The van der Waals surface area contributed by atoms with Gasteiger partial charge in [-0.1, -0.05) is 18.2 Å². The fourth-order valence-corrected chi connectivity index (χ4v) is 2.96. The summed E-state index contributed by atoms with van der Waals surface area (Å²) < 4.78 is 7.80. The molecule has 0 radical (unpaired) electrons. The molecular weight excluding hydrogens is 407 g/mol. The topological polar surface area (TPSA) is 64.2 Å². The molecule has 0 spiro atoms. The van der Waals surface area contributed by atoms with Crippen LogP contribution in [0.15, 0.2) is 57.7 Å². The number of carbonyl (C=O) groups excluding carboxylic acids is 1. The summed E-state index contributed by atoms with van der Waals surface area (Å²) in [5.41, 5.74) is 2.11. The number of carbonyl (C=O) groups is 1. The van der Waals surface area contributed by atoms with Crippen molar-refractivity contribution >= 4 is 45.3 Å². The summed E-state index contributed by atoms with van der Waals surface area (Å²) in [4.78, 5) is 23.8. The number of anilines is 1. The van der Waals surface area contributed by atoms with Gasteiger partial charge in [0.25, 0.3) is 0 Å². The maximum absolute atomic E-state index is 12.0. The van der Waals surface area contributed by atoms with Crippen molar-refractivity contribution in [1.29, 1.82) is 0 Å². The molecule has 0 unspecified atom stereocenters. The summed E-state index contributed by atoms with van der Waals surface area (Å²) in [5.74, 6) is -0.447. The molecule has 0 aliphatic rings. The number of oxazole rings is 1. The highest BCUT2D eigenvalue weighted by atomic mass is 127. The minimum Gasteiger partial charge on any atom is -0.408 e. The number of hydrogen-bond donors (Lipinski definition) is 1. The van der Waals surface area contributed by atoms with Crippen LogP contribution in [0, 0.1) is 3.57 Å². The third-order valence-electron chi connectivity index (χ3n) is 3.47. The Labute approximate surface area is 146 Å². The summed E-state index contributed by atoms with van der Waals surface area (Å²) >= 11 is 2.20. The van der Waals surface area contributed by atoms with Gasteiger partial charge in [0.1, 0.15) is 0 Å². The van der Waals surface area contributed by atoms with Crippen LogP contribution in [-0.4, -0.2) is 10.5 Å². The Morgan fingerprint density at radius 2 is 2.00 bits per heavy atom. The number of fused-ring (bicyclic) bond motifs is 1. The lowest BCUT2D eigenvalue weighted by Gasteiger charge is -2.06. The molecule has 6 heteroatoms. The monoisotopic (exact) mass is 422 g/mol. The lowest BCUT2D eigenvalue weighted by atomic mass is 10.2. The number of halogens is 1. The maximum atomic E-state index is 12.0. The molecule has 1 amide bonds. The molecule has 0 saturated carbocycles. The van der Waals surface area contributed by atoms with Gasteiger partial charge in [-0.15, -0.1) is 0 Å². The molecule has 2 aromatic carbocycles. The molecule has 0 saturated heterocycles. The van der Waals surface area contributed by atoms with Crippen molar-refractivity contribution in [3.8, 4) is 0 Å². The van der Waals surface area contributed by atoms with Crippen LogP contribution in [0.4, 0.5) is 5.69 Å². The minimum absolute atomic E-state index is 0.0622. The van der Waals surface area contributed by atoms with Crippen molar-refractivity contribution < 1.29 is 9.21 Å². The van der Waals surface area contributed by atoms with Gasteiger partial charge < -0.3 is 9.73 Å². The Bertz CT molecular complexity index is 898. The number of nitrogens with zero attached hydrogens (tertiary/aromatic N) is 1. The van der Waals surface area contributed by atoms with E-state index in [9.17, 15) is 9.59 Å². The lowest BCUT2D eigenvalue weighted by Crippen LogP contribution is -2.17. The van der Waals surface area contributed by atoms with Crippen LogP contribution in [0.2, 0.25) is 0 Å². The molecule has 0 atom stereocenters. The quantitative estimate of drug-likeness (QED) is 0.639. The average Bonchev–Trinajstić information content (AvgIpc) is 2.83. The zero-order valence-electron chi connectivity index (χ0n) is 12.3. The van der Waals surface area contributed by atoms with E-state index in [1.807, 2.05) is 42.5 Å². The SMILES string of the molecule is O=C(CCCn1c(=O)oc2ccccc21)Nc1cccc(I)c1. The van der Waals surface area contributed by atoms with Crippen molar-refractivity contribution in [3.63, 3.8) is 0 Å². The second-order valence-electron chi connectivity index (χ2n) is 5.15. The van der Waals surface area contributed by atoms with Gasteiger partial charge in [0.15, 0.2) is 5.58 Å². The van der Waals surface area contributed by atoms with Crippen LogP contribution in [0.1, 0.15) is 12.8 Å². The van der Waals surface area contributed by atoms with E-state index < -0.39 is 0 Å². The molecule has 0 bridgehead atoms. The van der Waals surface area contributed by atoms with Crippen molar-refractivity contribution in [2.75, 3.05) is 5.32 Å². The second-order valence-corrected chi connectivity index (χ2v) is 6.40. The summed E-state index contributed by atoms with van der Waals surface area (Å²) in [6.07, 6.45) is 0.913. The lowest BCUT2D eigenvalue weighted by molar-refractivity contribution is -0.116. The number of amides is 1. The molecule has 1 N–H and O–H groups in total. The predicted octanol–water partition coefficient (Wildman–Crippen LogP) is 3.62. The van der Waals surface area contributed by atoms with Gasteiger partial charge in [0.05, 0.1) is 5.52 Å². The largest absolute Gasteiger partial charge is 0.419 e. The number of para-hydroxylation sites is 2. The number of hydrogen-bond acceptors (Lipinski definition) is 3. The van der Waals surface area contributed by atoms with Crippen molar-refractivity contribution in [2.24, 2.45) is 0 Å². The van der Waals surface area contributed by atoms with Crippen LogP contribution in [-0.2, 0) is 11.3 Å². The molecule has 1 heterocycles. The second kappa shape index (κ2) is 6.99. The fraction of sp³-hybridized carbons (Fsp3) is 0.176. The predicted molar refractivity (Wildman–Crippen MR) is 97.5 cm³/mol. The first kappa shape index (κ1) is 15.8. The molecule has 118 valence electrons. The Balaban J connectivity index is 1.59. The molecule has 5 nitrogen and oxygen atoms in total. The number of aryl methyl sites for hydroxylation is 1. The Morgan fingerprint density at radius 1 is 1.17 bits per heavy atom. The Morgan fingerprint density at radius 3 is 2.83 bits per heavy atom. The summed E-state index contributed by atoms with van der Waals surface area (Å²) in [7, 11) is 0. The molecule has 3 aromatic rings. The third kappa shape index (κ3) is 3.82. The number of aromatic nitrogens is 1. The number of rotatable bonds is 5. The molecule has 0 aliphatic heterocycles. The van der Waals surface area contributed by atoms with Crippen LogP contribution < -0.4 is 11.1 Å². The third-order valence-corrected chi connectivity index (χ3v) is 4.14. The van der Waals surface area contributed by atoms with Crippen LogP contribution in [0.3, 0.4) is 0 Å². The van der Waals surface area contributed by atoms with E-state index >= 15 is 0 Å². The zero-order valence-corrected chi connectivity index (χ0v) is 14.4. The van der Waals surface area contributed by atoms with E-state index in [-0.39, 0.29) is 11.7 Å². The van der Waals surface area contributed by atoms with E-state index in [1.165, 1.54) is 0 Å². The van der Waals surface area contributed by atoms with E-state index in [1.54, 1.807) is 10.6 Å². The number of benzene rings is 2. The molecular formula is C17H15IN2O3. The Kier molecular flexibility index (Phi) is 4.80. The molecule has 0 aliphatic carbocycles. The summed E-state index contributed by atoms with van der Waals surface area (Å²) in [5, 5.41) is 2.86. The normalized spacial score (nSPS) is 10.8.